The first-order valence-electron chi connectivity index (χ1n) is 7.81. The molecule has 0 aliphatic heterocycles. The number of carbonyl (C=O) groups is 1. The molecule has 10 heteroatoms. The van der Waals surface area contributed by atoms with Crippen LogP contribution in [0.25, 0.3) is 11.3 Å². The van der Waals surface area contributed by atoms with Gasteiger partial charge in [-0.3, -0.25) is 10.1 Å². The Labute approximate surface area is 156 Å². The molecule has 0 bridgehead atoms. The number of thiazole rings is 1. The Bertz CT molecular complexity index is 1080. The molecule has 4 rings (SSSR count). The Hall–Kier alpha value is -3.66. The molecule has 134 valence electrons. The summed E-state index contributed by atoms with van der Waals surface area (Å²) >= 11 is 1.34. The van der Waals surface area contributed by atoms with Crippen molar-refractivity contribution in [2.45, 2.75) is 0 Å². The van der Waals surface area contributed by atoms with Gasteiger partial charge in [0.25, 0.3) is 11.9 Å². The number of tetrazole rings is 1. The van der Waals surface area contributed by atoms with Crippen LogP contribution in [0.15, 0.2) is 53.9 Å². The maximum Gasteiger partial charge on any atom is 0.270 e. The highest BCUT2D eigenvalue weighted by molar-refractivity contribution is 7.14. The SMILES string of the molecule is O=C(Nc1nn[nH]n1)c1cccc(-c2csc(Nc3ccccc3F)n2)c1. The second kappa shape index (κ2) is 7.30. The van der Waals surface area contributed by atoms with Gasteiger partial charge < -0.3 is 5.32 Å². The minimum atomic E-state index is -0.363. The van der Waals surface area contributed by atoms with Gasteiger partial charge in [-0.25, -0.2) is 9.37 Å². The Morgan fingerprint density at radius 2 is 2.04 bits per heavy atom. The lowest BCUT2D eigenvalue weighted by atomic mass is 10.1. The van der Waals surface area contributed by atoms with E-state index in [9.17, 15) is 9.18 Å². The van der Waals surface area contributed by atoms with Gasteiger partial charge in [0.15, 0.2) is 5.13 Å². The number of nitrogens with zero attached hydrogens (tertiary/aromatic N) is 4. The van der Waals surface area contributed by atoms with E-state index in [1.807, 2.05) is 11.4 Å². The molecule has 27 heavy (non-hydrogen) atoms. The van der Waals surface area contributed by atoms with E-state index in [1.165, 1.54) is 17.4 Å². The minimum absolute atomic E-state index is 0.0930. The number of H-pyrrole nitrogens is 1. The molecule has 0 aliphatic rings. The third-order valence-electron chi connectivity index (χ3n) is 3.61. The lowest BCUT2D eigenvalue weighted by molar-refractivity contribution is 0.102. The van der Waals surface area contributed by atoms with E-state index in [-0.39, 0.29) is 17.7 Å². The van der Waals surface area contributed by atoms with Crippen molar-refractivity contribution in [3.63, 3.8) is 0 Å². The second-order valence-electron chi connectivity index (χ2n) is 5.41. The van der Waals surface area contributed by atoms with Gasteiger partial charge >= 0.3 is 0 Å². The lowest BCUT2D eigenvalue weighted by Crippen LogP contribution is -2.13. The average molecular weight is 381 g/mol. The molecule has 2 aromatic carbocycles. The van der Waals surface area contributed by atoms with Gasteiger partial charge in [-0.15, -0.1) is 16.4 Å². The van der Waals surface area contributed by atoms with Gasteiger partial charge in [0.2, 0.25) is 0 Å². The van der Waals surface area contributed by atoms with Crippen molar-refractivity contribution in [1.82, 2.24) is 25.6 Å². The van der Waals surface area contributed by atoms with Gasteiger partial charge in [0, 0.05) is 16.5 Å². The maximum atomic E-state index is 13.8. The van der Waals surface area contributed by atoms with Crippen molar-refractivity contribution in [3.8, 4) is 11.3 Å². The van der Waals surface area contributed by atoms with E-state index in [0.29, 0.717) is 22.1 Å². The fourth-order valence-corrected chi connectivity index (χ4v) is 3.08. The molecule has 0 atom stereocenters. The van der Waals surface area contributed by atoms with Crippen LogP contribution in [0.5, 0.6) is 0 Å². The molecule has 8 nitrogen and oxygen atoms in total. The van der Waals surface area contributed by atoms with Crippen LogP contribution in [0.4, 0.5) is 21.2 Å². The number of benzene rings is 2. The number of para-hydroxylation sites is 1. The summed E-state index contributed by atoms with van der Waals surface area (Å²) in [7, 11) is 0. The molecule has 1 amide bonds. The molecular formula is C17H12FN7OS. The number of halogens is 1. The molecular weight excluding hydrogens is 369 g/mol. The molecule has 0 saturated heterocycles. The van der Waals surface area contributed by atoms with Gasteiger partial charge in [-0.05, 0) is 29.5 Å². The van der Waals surface area contributed by atoms with Crippen LogP contribution in [-0.4, -0.2) is 31.5 Å². The van der Waals surface area contributed by atoms with Crippen LogP contribution in [0.1, 0.15) is 10.4 Å². The summed E-state index contributed by atoms with van der Waals surface area (Å²) in [6, 6.07) is 13.4. The maximum absolute atomic E-state index is 13.8. The Morgan fingerprint density at radius 3 is 2.85 bits per heavy atom. The Morgan fingerprint density at radius 1 is 1.15 bits per heavy atom. The standard InChI is InChI=1S/C17H12FN7OS/c18-12-6-1-2-7-13(12)19-17-20-14(9-27-17)10-4-3-5-11(8-10)15(26)21-16-22-24-25-23-16/h1-9H,(H,19,20)(H2,21,22,23,24,25,26). The van der Waals surface area contributed by atoms with Crippen LogP contribution in [-0.2, 0) is 0 Å². The highest BCUT2D eigenvalue weighted by Gasteiger charge is 2.12. The predicted octanol–water partition coefficient (Wildman–Crippen LogP) is 3.46. The number of rotatable bonds is 5. The molecule has 0 radical (unpaired) electrons. The molecule has 0 unspecified atom stereocenters. The largest absolute Gasteiger partial charge is 0.329 e. The number of anilines is 3. The molecule has 3 N–H and O–H groups in total. The predicted molar refractivity (Wildman–Crippen MR) is 99.4 cm³/mol. The van der Waals surface area contributed by atoms with Gasteiger partial charge in [0.1, 0.15) is 5.82 Å². The van der Waals surface area contributed by atoms with Crippen LogP contribution >= 0.6 is 11.3 Å². The van der Waals surface area contributed by atoms with Crippen molar-refractivity contribution in [1.29, 1.82) is 0 Å². The number of nitrogens with one attached hydrogen (secondary N) is 3. The molecule has 2 heterocycles. The summed E-state index contributed by atoms with van der Waals surface area (Å²) in [5.74, 6) is -0.622. The highest BCUT2D eigenvalue weighted by atomic mass is 32.1. The van der Waals surface area contributed by atoms with Crippen molar-refractivity contribution < 1.29 is 9.18 Å². The number of aromatic nitrogens is 5. The average Bonchev–Trinajstić information content (AvgIpc) is 3.36. The monoisotopic (exact) mass is 381 g/mol. The summed E-state index contributed by atoms with van der Waals surface area (Å²) < 4.78 is 13.8. The molecule has 4 aromatic rings. The van der Waals surface area contributed by atoms with E-state index in [0.717, 1.165) is 5.56 Å². The van der Waals surface area contributed by atoms with Crippen molar-refractivity contribution >= 4 is 34.0 Å². The van der Waals surface area contributed by atoms with E-state index in [1.54, 1.807) is 36.4 Å². The van der Waals surface area contributed by atoms with Crippen LogP contribution in [0.3, 0.4) is 0 Å². The summed E-state index contributed by atoms with van der Waals surface area (Å²) in [4.78, 5) is 16.7. The summed E-state index contributed by atoms with van der Waals surface area (Å²) in [5, 5.41) is 20.9. The lowest BCUT2D eigenvalue weighted by Gasteiger charge is -2.04. The second-order valence-corrected chi connectivity index (χ2v) is 6.27. The normalized spacial score (nSPS) is 10.6. The van der Waals surface area contributed by atoms with Crippen molar-refractivity contribution in [2.75, 3.05) is 10.6 Å². The van der Waals surface area contributed by atoms with E-state index in [4.69, 9.17) is 0 Å². The Balaban J connectivity index is 1.53. The van der Waals surface area contributed by atoms with Crippen molar-refractivity contribution in [2.24, 2.45) is 0 Å². The van der Waals surface area contributed by atoms with Crippen molar-refractivity contribution in [3.05, 3.63) is 65.3 Å². The van der Waals surface area contributed by atoms with E-state index < -0.39 is 0 Å². The van der Waals surface area contributed by atoms with Crippen LogP contribution in [0.2, 0.25) is 0 Å². The minimum Gasteiger partial charge on any atom is -0.329 e. The number of hydrogen-bond acceptors (Lipinski definition) is 7. The first-order chi connectivity index (χ1) is 13.2. The van der Waals surface area contributed by atoms with Gasteiger partial charge in [-0.1, -0.05) is 29.4 Å². The zero-order valence-corrected chi connectivity index (χ0v) is 14.5. The fourth-order valence-electron chi connectivity index (χ4n) is 2.35. The first-order valence-corrected chi connectivity index (χ1v) is 8.69. The summed E-state index contributed by atoms with van der Waals surface area (Å²) in [6.07, 6.45) is 0. The van der Waals surface area contributed by atoms with Gasteiger partial charge in [-0.2, -0.15) is 5.21 Å². The molecule has 2 aromatic heterocycles. The zero-order chi connectivity index (χ0) is 18.6. The first kappa shape index (κ1) is 16.8. The molecule has 0 saturated carbocycles. The molecule has 0 spiro atoms. The van der Waals surface area contributed by atoms with Gasteiger partial charge in [0.05, 0.1) is 11.4 Å². The van der Waals surface area contributed by atoms with E-state index >= 15 is 0 Å². The van der Waals surface area contributed by atoms with Crippen LogP contribution in [0, 0.1) is 5.82 Å². The van der Waals surface area contributed by atoms with E-state index in [2.05, 4.69) is 36.2 Å². The topological polar surface area (TPSA) is 108 Å². The smallest absolute Gasteiger partial charge is 0.270 e. The third kappa shape index (κ3) is 3.80. The quantitative estimate of drug-likeness (QED) is 0.489. The number of hydrogen-bond donors (Lipinski definition) is 3. The number of aromatic amines is 1. The third-order valence-corrected chi connectivity index (χ3v) is 4.37. The number of carbonyl (C=O) groups excluding carboxylic acids is 1. The zero-order valence-electron chi connectivity index (χ0n) is 13.7. The summed E-state index contributed by atoms with van der Waals surface area (Å²) in [5.41, 5.74) is 2.21. The Kier molecular flexibility index (Phi) is 4.54. The highest BCUT2D eigenvalue weighted by Crippen LogP contribution is 2.28. The van der Waals surface area contributed by atoms with Crippen LogP contribution < -0.4 is 10.6 Å². The summed E-state index contributed by atoms with van der Waals surface area (Å²) in [6.45, 7) is 0. The number of amides is 1. The molecule has 0 aliphatic carbocycles. The molecule has 0 fully saturated rings. The fraction of sp³-hybridized carbons (Fsp3) is 0.